The zero-order valence-corrected chi connectivity index (χ0v) is 18.7. The number of halogens is 4. The molecule has 0 saturated carbocycles. The first-order valence-corrected chi connectivity index (χ1v) is 9.10. The van der Waals surface area contributed by atoms with Crippen molar-refractivity contribution in [2.45, 2.75) is 12.9 Å². The molecule has 1 aliphatic rings. The Labute approximate surface area is 190 Å². The van der Waals surface area contributed by atoms with E-state index in [1.54, 1.807) is 6.20 Å². The largest absolute Gasteiger partial charge is 0.573 e. The summed E-state index contributed by atoms with van der Waals surface area (Å²) in [6.45, 7) is 4.26. The summed E-state index contributed by atoms with van der Waals surface area (Å²) in [6, 6.07) is 9.18. The van der Waals surface area contributed by atoms with Gasteiger partial charge in [0.05, 0.1) is 6.54 Å². The number of pyridine rings is 1. The summed E-state index contributed by atoms with van der Waals surface area (Å²) in [6.07, 6.45) is -2.95. The molecule has 1 aliphatic heterocycles. The van der Waals surface area contributed by atoms with Crippen molar-refractivity contribution in [2.24, 2.45) is 10.7 Å². The Morgan fingerprint density at radius 1 is 1.13 bits per heavy atom. The molecule has 0 radical (unpaired) electrons. The minimum Gasteiger partial charge on any atom is -0.406 e. The van der Waals surface area contributed by atoms with Crippen molar-refractivity contribution in [1.29, 1.82) is 0 Å². The zero-order chi connectivity index (χ0) is 20.9. The molecule has 1 aromatic carbocycles. The van der Waals surface area contributed by atoms with Crippen LogP contribution in [-0.4, -0.2) is 55.4 Å². The highest BCUT2D eigenvalue weighted by molar-refractivity contribution is 14.0. The number of nitrogens with one attached hydrogen (secondary N) is 1. The van der Waals surface area contributed by atoms with Crippen LogP contribution < -0.4 is 20.7 Å². The van der Waals surface area contributed by atoms with Crippen molar-refractivity contribution >= 4 is 41.4 Å². The van der Waals surface area contributed by atoms with Gasteiger partial charge in [0.1, 0.15) is 11.6 Å². The van der Waals surface area contributed by atoms with Gasteiger partial charge < -0.3 is 25.6 Å². The van der Waals surface area contributed by atoms with Gasteiger partial charge in [-0.3, -0.25) is 0 Å². The van der Waals surface area contributed by atoms with E-state index < -0.39 is 6.36 Å². The Bertz CT molecular complexity index is 822. The molecule has 2 heterocycles. The molecule has 0 bridgehead atoms. The van der Waals surface area contributed by atoms with Crippen LogP contribution in [0.3, 0.4) is 0 Å². The van der Waals surface area contributed by atoms with Gasteiger partial charge in [0.15, 0.2) is 5.96 Å². The van der Waals surface area contributed by atoms with Crippen LogP contribution in [0.15, 0.2) is 47.6 Å². The SMILES string of the molecule is CN1CCN(c2ccc(CN=C(N)Nc3ccc(OC(F)(F)F)cc3)cn2)CC1.I. The monoisotopic (exact) mass is 536 g/mol. The Balaban J connectivity index is 0.00000320. The topological polar surface area (TPSA) is 79.0 Å². The number of piperazine rings is 1. The van der Waals surface area contributed by atoms with Gasteiger partial charge in [0.2, 0.25) is 0 Å². The van der Waals surface area contributed by atoms with Gasteiger partial charge in [-0.1, -0.05) is 6.07 Å². The van der Waals surface area contributed by atoms with Gasteiger partial charge in [-0.25, -0.2) is 9.98 Å². The molecular formula is C19H24F3IN6O. The lowest BCUT2D eigenvalue weighted by atomic mass is 10.2. The van der Waals surface area contributed by atoms with Crippen LogP contribution in [0.2, 0.25) is 0 Å². The van der Waals surface area contributed by atoms with Crippen LogP contribution in [0.1, 0.15) is 5.56 Å². The number of nitrogens with two attached hydrogens (primary N) is 1. The maximum atomic E-state index is 12.2. The third-order valence-corrected chi connectivity index (χ3v) is 4.43. The highest BCUT2D eigenvalue weighted by Crippen LogP contribution is 2.23. The molecular weight excluding hydrogens is 512 g/mol. The number of hydrogen-bond acceptors (Lipinski definition) is 5. The molecule has 11 heteroatoms. The van der Waals surface area contributed by atoms with Crippen LogP contribution in [0, 0.1) is 0 Å². The van der Waals surface area contributed by atoms with Gasteiger partial charge in [-0.15, -0.1) is 37.1 Å². The fraction of sp³-hybridized carbons (Fsp3) is 0.368. The second-order valence-corrected chi connectivity index (χ2v) is 6.71. The zero-order valence-electron chi connectivity index (χ0n) is 16.4. The molecule has 0 unspecified atom stereocenters. The number of benzene rings is 1. The summed E-state index contributed by atoms with van der Waals surface area (Å²) in [7, 11) is 2.11. The molecule has 7 nitrogen and oxygen atoms in total. The van der Waals surface area contributed by atoms with E-state index in [9.17, 15) is 13.2 Å². The van der Waals surface area contributed by atoms with Crippen LogP contribution in [0.25, 0.3) is 0 Å². The molecule has 0 spiro atoms. The number of nitrogens with zero attached hydrogens (tertiary/aromatic N) is 4. The number of aromatic nitrogens is 1. The second-order valence-electron chi connectivity index (χ2n) is 6.71. The van der Waals surface area contributed by atoms with Gasteiger partial charge in [0.25, 0.3) is 0 Å². The third kappa shape index (κ3) is 7.52. The van der Waals surface area contributed by atoms with Gasteiger partial charge in [-0.05, 0) is 42.9 Å². The standard InChI is InChI=1S/C19H23F3N6O.HI/c1-27-8-10-28(11-9-27)17-7-2-14(12-24-17)13-25-18(23)26-15-3-5-16(6-4-15)29-19(20,21)22;/h2-7,12H,8-11,13H2,1H3,(H3,23,25,26);1H. The van der Waals surface area contributed by atoms with E-state index in [-0.39, 0.29) is 35.7 Å². The normalized spacial score (nSPS) is 15.5. The lowest BCUT2D eigenvalue weighted by Crippen LogP contribution is -2.44. The average Bonchev–Trinajstić information content (AvgIpc) is 2.68. The van der Waals surface area contributed by atoms with E-state index in [1.807, 2.05) is 12.1 Å². The number of rotatable bonds is 5. The van der Waals surface area contributed by atoms with E-state index in [0.29, 0.717) is 12.2 Å². The number of guanidine groups is 1. The first-order valence-electron chi connectivity index (χ1n) is 9.10. The van der Waals surface area contributed by atoms with Crippen molar-refractivity contribution in [3.8, 4) is 5.75 Å². The summed E-state index contributed by atoms with van der Waals surface area (Å²) >= 11 is 0. The number of likely N-dealkylation sites (N-methyl/N-ethyl adjacent to an activating group) is 1. The molecule has 30 heavy (non-hydrogen) atoms. The summed E-state index contributed by atoms with van der Waals surface area (Å²) < 4.78 is 40.3. The molecule has 0 aliphatic carbocycles. The van der Waals surface area contributed by atoms with Crippen LogP contribution in [-0.2, 0) is 6.54 Å². The summed E-state index contributed by atoms with van der Waals surface area (Å²) in [5.74, 6) is 0.792. The number of hydrogen-bond donors (Lipinski definition) is 2. The molecule has 1 saturated heterocycles. The van der Waals surface area contributed by atoms with E-state index >= 15 is 0 Å². The smallest absolute Gasteiger partial charge is 0.406 e. The molecule has 1 aromatic heterocycles. The summed E-state index contributed by atoms with van der Waals surface area (Å²) in [4.78, 5) is 13.3. The second kappa shape index (κ2) is 10.7. The molecule has 0 amide bonds. The molecule has 1 fully saturated rings. The quantitative estimate of drug-likeness (QED) is 0.347. The Morgan fingerprint density at radius 3 is 2.37 bits per heavy atom. The molecule has 2 aromatic rings. The highest BCUT2D eigenvalue weighted by atomic mass is 127. The Hall–Kier alpha value is -2.28. The lowest BCUT2D eigenvalue weighted by molar-refractivity contribution is -0.274. The van der Waals surface area contributed by atoms with Crippen LogP contribution in [0.5, 0.6) is 5.75 Å². The van der Waals surface area contributed by atoms with Gasteiger partial charge in [0, 0.05) is 38.1 Å². The number of anilines is 2. The predicted molar refractivity (Wildman–Crippen MR) is 121 cm³/mol. The van der Waals surface area contributed by atoms with Crippen molar-refractivity contribution in [3.05, 3.63) is 48.2 Å². The van der Waals surface area contributed by atoms with Crippen LogP contribution >= 0.6 is 24.0 Å². The third-order valence-electron chi connectivity index (χ3n) is 4.43. The minimum atomic E-state index is -4.72. The molecule has 0 atom stereocenters. The molecule has 3 rings (SSSR count). The number of alkyl halides is 3. The van der Waals surface area contributed by atoms with E-state index in [2.05, 4.69) is 36.9 Å². The Kier molecular flexibility index (Phi) is 8.53. The number of ether oxygens (including phenoxy) is 1. The van der Waals surface area contributed by atoms with Gasteiger partial charge >= 0.3 is 6.36 Å². The van der Waals surface area contributed by atoms with Crippen molar-refractivity contribution in [3.63, 3.8) is 0 Å². The van der Waals surface area contributed by atoms with E-state index in [4.69, 9.17) is 5.73 Å². The lowest BCUT2D eigenvalue weighted by Gasteiger charge is -2.33. The highest BCUT2D eigenvalue weighted by Gasteiger charge is 2.30. The molecule has 3 N–H and O–H groups in total. The van der Waals surface area contributed by atoms with Crippen LogP contribution in [0.4, 0.5) is 24.7 Å². The first kappa shape index (κ1) is 24.0. The maximum Gasteiger partial charge on any atom is 0.573 e. The predicted octanol–water partition coefficient (Wildman–Crippen LogP) is 3.28. The number of aliphatic imine (C=N–C) groups is 1. The van der Waals surface area contributed by atoms with Crippen molar-refractivity contribution in [1.82, 2.24) is 9.88 Å². The van der Waals surface area contributed by atoms with Crippen molar-refractivity contribution in [2.75, 3.05) is 43.4 Å². The fourth-order valence-corrected chi connectivity index (χ4v) is 2.84. The average molecular weight is 536 g/mol. The molecule has 164 valence electrons. The van der Waals surface area contributed by atoms with E-state index in [1.165, 1.54) is 24.3 Å². The maximum absolute atomic E-state index is 12.2. The Morgan fingerprint density at radius 2 is 1.80 bits per heavy atom. The summed E-state index contributed by atoms with van der Waals surface area (Å²) in [5, 5.41) is 2.83. The first-order chi connectivity index (χ1) is 13.8. The van der Waals surface area contributed by atoms with Crippen molar-refractivity contribution < 1.29 is 17.9 Å². The summed E-state index contributed by atoms with van der Waals surface area (Å²) in [5.41, 5.74) is 7.26. The minimum absolute atomic E-state index is 0. The van der Waals surface area contributed by atoms with E-state index in [0.717, 1.165) is 37.6 Å². The van der Waals surface area contributed by atoms with Gasteiger partial charge in [-0.2, -0.15) is 0 Å². The fourth-order valence-electron chi connectivity index (χ4n) is 2.84.